The summed E-state index contributed by atoms with van der Waals surface area (Å²) in [5.74, 6) is -3.65. The summed E-state index contributed by atoms with van der Waals surface area (Å²) in [7, 11) is 0. The van der Waals surface area contributed by atoms with E-state index in [2.05, 4.69) is 20.9 Å². The summed E-state index contributed by atoms with van der Waals surface area (Å²) in [5, 5.41) is 18.7. The molecule has 3 aromatic rings. The first-order chi connectivity index (χ1) is 21.4. The number of aromatic carboxylic acids is 1. The predicted octanol–water partition coefficient (Wildman–Crippen LogP) is 3.18. The number of carboxylic acids is 1. The van der Waals surface area contributed by atoms with E-state index in [9.17, 15) is 29.1 Å². The summed E-state index contributed by atoms with van der Waals surface area (Å²) in [6, 6.07) is 12.0. The van der Waals surface area contributed by atoms with E-state index in [0.717, 1.165) is 11.3 Å². The summed E-state index contributed by atoms with van der Waals surface area (Å²) >= 11 is 0. The van der Waals surface area contributed by atoms with Crippen molar-refractivity contribution < 1.29 is 33.8 Å². The fourth-order valence-corrected chi connectivity index (χ4v) is 5.76. The Morgan fingerprint density at radius 3 is 2.33 bits per heavy atom. The number of nitrogens with one attached hydrogen (secondary N) is 4. The number of fused-ring (bicyclic) bond motifs is 3. The molecule has 12 heteroatoms. The van der Waals surface area contributed by atoms with Crippen LogP contribution in [-0.2, 0) is 38.6 Å². The van der Waals surface area contributed by atoms with Crippen molar-refractivity contribution in [2.45, 2.75) is 77.6 Å². The van der Waals surface area contributed by atoms with Gasteiger partial charge in [0.05, 0.1) is 11.1 Å². The van der Waals surface area contributed by atoms with Gasteiger partial charge in [-0.3, -0.25) is 14.4 Å². The van der Waals surface area contributed by atoms with Crippen LogP contribution in [0, 0.1) is 11.8 Å². The molecule has 240 valence electrons. The van der Waals surface area contributed by atoms with E-state index >= 15 is 0 Å². The highest BCUT2D eigenvalue weighted by molar-refractivity contribution is 6.04. The third-order valence-corrected chi connectivity index (χ3v) is 8.58. The number of nitrogens with two attached hydrogens (primary N) is 1. The molecular weight excluding hydrogens is 578 g/mol. The van der Waals surface area contributed by atoms with E-state index in [1.807, 2.05) is 44.2 Å². The maximum atomic E-state index is 14.1. The quantitative estimate of drug-likeness (QED) is 0.179. The summed E-state index contributed by atoms with van der Waals surface area (Å²) < 4.78 is 5.37. The van der Waals surface area contributed by atoms with Crippen LogP contribution in [0.3, 0.4) is 0 Å². The van der Waals surface area contributed by atoms with Crippen LogP contribution in [0.2, 0.25) is 0 Å². The summed E-state index contributed by atoms with van der Waals surface area (Å²) in [6.45, 7) is 7.19. The number of amides is 4. The van der Waals surface area contributed by atoms with Crippen LogP contribution in [0.15, 0.2) is 48.5 Å². The van der Waals surface area contributed by atoms with Gasteiger partial charge in [-0.15, -0.1) is 0 Å². The van der Waals surface area contributed by atoms with Crippen molar-refractivity contribution in [1.82, 2.24) is 20.9 Å². The molecule has 0 unspecified atom stereocenters. The van der Waals surface area contributed by atoms with Gasteiger partial charge in [0.1, 0.15) is 24.2 Å². The standard InChI is InChI=1S/C33H41N5O7/c1-5-19(4)26(37-32(44)45-17-20-10-7-6-8-11-20)29(40)38-33(31(43)36-25(18(2)3)28(34)39)15-14-24-23(16-33)21-12-9-13-22(30(41)42)27(21)35-24/h6-13,18-19,25-26,35H,5,14-17H2,1-4H3,(H2,34,39)(H,36,43)(H,37,44)(H,38,40)(H,41,42)/t19-,25-,26-,33-/m0/s1. The highest BCUT2D eigenvalue weighted by Gasteiger charge is 2.46. The van der Waals surface area contributed by atoms with Crippen LogP contribution in [-0.4, -0.2) is 57.5 Å². The number of benzene rings is 2. The van der Waals surface area contributed by atoms with E-state index in [1.165, 1.54) is 6.07 Å². The summed E-state index contributed by atoms with van der Waals surface area (Å²) in [5.41, 5.74) is 6.81. The number of carbonyl (C=O) groups excluding carboxylic acids is 4. The molecule has 0 saturated heterocycles. The molecule has 4 rings (SSSR count). The second-order valence-corrected chi connectivity index (χ2v) is 12.0. The smallest absolute Gasteiger partial charge is 0.408 e. The first-order valence-corrected chi connectivity index (χ1v) is 15.1. The second-order valence-electron chi connectivity index (χ2n) is 12.0. The van der Waals surface area contributed by atoms with E-state index in [0.29, 0.717) is 29.3 Å². The van der Waals surface area contributed by atoms with Crippen molar-refractivity contribution in [2.75, 3.05) is 0 Å². The van der Waals surface area contributed by atoms with Gasteiger partial charge in [0.15, 0.2) is 0 Å². The average Bonchev–Trinajstić information content (AvgIpc) is 3.38. The Balaban J connectivity index is 1.67. The number of rotatable bonds is 12. The largest absolute Gasteiger partial charge is 0.478 e. The number of primary amides is 1. The molecule has 12 nitrogen and oxygen atoms in total. The third-order valence-electron chi connectivity index (χ3n) is 8.58. The zero-order valence-corrected chi connectivity index (χ0v) is 25.9. The van der Waals surface area contributed by atoms with E-state index in [1.54, 1.807) is 26.0 Å². The highest BCUT2D eigenvalue weighted by atomic mass is 16.5. The van der Waals surface area contributed by atoms with E-state index < -0.39 is 47.4 Å². The number of ether oxygens (including phenoxy) is 1. The first kappa shape index (κ1) is 33.0. The van der Waals surface area contributed by atoms with Gasteiger partial charge >= 0.3 is 12.1 Å². The number of H-pyrrole nitrogens is 1. The molecule has 1 aliphatic carbocycles. The van der Waals surface area contributed by atoms with Gasteiger partial charge in [0, 0.05) is 17.5 Å². The first-order valence-electron chi connectivity index (χ1n) is 15.1. The molecule has 0 aliphatic heterocycles. The molecular formula is C33H41N5O7. The number of hydrogen-bond donors (Lipinski definition) is 6. The highest BCUT2D eigenvalue weighted by Crippen LogP contribution is 2.36. The van der Waals surface area contributed by atoms with Gasteiger partial charge in [0.25, 0.3) is 0 Å². The molecule has 1 aromatic heterocycles. The molecule has 4 amide bonds. The van der Waals surface area contributed by atoms with E-state index in [4.69, 9.17) is 10.5 Å². The average molecular weight is 620 g/mol. The predicted molar refractivity (Wildman–Crippen MR) is 167 cm³/mol. The number of hydrogen-bond acceptors (Lipinski definition) is 6. The SMILES string of the molecule is CC[C@H](C)[C@H](NC(=O)OCc1ccccc1)C(=O)N[C@@]1(C(=O)N[C@H](C(N)=O)C(C)C)CCc2[nH]c3c(C(=O)O)cccc3c2C1. The van der Waals surface area contributed by atoms with E-state index in [-0.39, 0.29) is 36.8 Å². The number of para-hydroxylation sites is 1. The fourth-order valence-electron chi connectivity index (χ4n) is 5.76. The Morgan fingerprint density at radius 2 is 1.71 bits per heavy atom. The Morgan fingerprint density at radius 1 is 1.00 bits per heavy atom. The van der Waals surface area contributed by atoms with Crippen LogP contribution >= 0.6 is 0 Å². The minimum Gasteiger partial charge on any atom is -0.478 e. The number of aryl methyl sites for hydroxylation is 1. The normalized spacial score (nSPS) is 17.9. The maximum absolute atomic E-state index is 14.1. The molecule has 0 radical (unpaired) electrons. The molecule has 45 heavy (non-hydrogen) atoms. The Labute approximate surface area is 261 Å². The fraction of sp³-hybridized carbons (Fsp3) is 0.424. The molecule has 4 atom stereocenters. The van der Waals surface area contributed by atoms with Crippen molar-refractivity contribution in [3.8, 4) is 0 Å². The third kappa shape index (κ3) is 7.27. The number of carboxylic acid groups (broad SMARTS) is 1. The molecule has 1 heterocycles. The van der Waals surface area contributed by atoms with Gasteiger partial charge in [-0.2, -0.15) is 0 Å². The van der Waals surface area contributed by atoms with Crippen molar-refractivity contribution in [1.29, 1.82) is 0 Å². The number of carbonyl (C=O) groups is 5. The zero-order valence-electron chi connectivity index (χ0n) is 25.9. The number of alkyl carbamates (subject to hydrolysis) is 1. The van der Waals surface area contributed by atoms with Gasteiger partial charge in [-0.25, -0.2) is 9.59 Å². The van der Waals surface area contributed by atoms with Gasteiger partial charge < -0.3 is 36.5 Å². The van der Waals surface area contributed by atoms with Gasteiger partial charge in [-0.1, -0.05) is 76.6 Å². The Bertz CT molecular complexity index is 1580. The van der Waals surface area contributed by atoms with Gasteiger partial charge in [0.2, 0.25) is 17.7 Å². The molecule has 1 aliphatic rings. The second kappa shape index (κ2) is 13.8. The van der Waals surface area contributed by atoms with Crippen molar-refractivity contribution >= 4 is 40.7 Å². The minimum atomic E-state index is -1.54. The molecule has 0 saturated carbocycles. The molecule has 0 fully saturated rings. The lowest BCUT2D eigenvalue weighted by Gasteiger charge is -2.39. The summed E-state index contributed by atoms with van der Waals surface area (Å²) in [4.78, 5) is 68.3. The molecule has 0 bridgehead atoms. The Hall–Kier alpha value is -4.87. The summed E-state index contributed by atoms with van der Waals surface area (Å²) in [6.07, 6.45) is 0.216. The van der Waals surface area contributed by atoms with Crippen LogP contribution in [0.5, 0.6) is 0 Å². The Kier molecular flexibility index (Phi) is 10.2. The van der Waals surface area contributed by atoms with Crippen LogP contribution < -0.4 is 21.7 Å². The topological polar surface area (TPSA) is 193 Å². The van der Waals surface area contributed by atoms with Crippen molar-refractivity contribution in [3.63, 3.8) is 0 Å². The minimum absolute atomic E-state index is 0.0121. The van der Waals surface area contributed by atoms with Gasteiger partial charge in [-0.05, 0) is 41.9 Å². The lowest BCUT2D eigenvalue weighted by atomic mass is 9.78. The molecule has 7 N–H and O–H groups in total. The number of aromatic nitrogens is 1. The molecule has 2 aromatic carbocycles. The number of aromatic amines is 1. The lowest BCUT2D eigenvalue weighted by molar-refractivity contribution is -0.137. The monoisotopic (exact) mass is 619 g/mol. The maximum Gasteiger partial charge on any atom is 0.408 e. The van der Waals surface area contributed by atoms with Crippen LogP contribution in [0.1, 0.15) is 67.7 Å². The van der Waals surface area contributed by atoms with Crippen molar-refractivity contribution in [3.05, 3.63) is 70.9 Å². The zero-order chi connectivity index (χ0) is 32.9. The van der Waals surface area contributed by atoms with Crippen molar-refractivity contribution in [2.24, 2.45) is 17.6 Å². The van der Waals surface area contributed by atoms with Crippen LogP contribution in [0.4, 0.5) is 4.79 Å². The van der Waals surface area contributed by atoms with Crippen LogP contribution in [0.25, 0.3) is 10.9 Å². The lowest BCUT2D eigenvalue weighted by Crippen LogP contribution is -2.67. The molecule has 0 spiro atoms.